The van der Waals surface area contributed by atoms with E-state index >= 15 is 0 Å². The van der Waals surface area contributed by atoms with Crippen molar-refractivity contribution < 1.29 is 9.13 Å². The Bertz CT molecular complexity index is 474. The van der Waals surface area contributed by atoms with Gasteiger partial charge in [0.15, 0.2) is 0 Å². The van der Waals surface area contributed by atoms with Gasteiger partial charge in [0, 0.05) is 12.1 Å². The van der Waals surface area contributed by atoms with Crippen LogP contribution in [0.2, 0.25) is 0 Å². The fraction of sp³-hybridized carbons (Fsp3) is 0.667. The smallest absolute Gasteiger partial charge is 0.123 e. The average Bonchev–Trinajstić information content (AvgIpc) is 2.55. The van der Waals surface area contributed by atoms with E-state index in [2.05, 4.69) is 5.32 Å². The Hall–Kier alpha value is -0.970. The summed E-state index contributed by atoms with van der Waals surface area (Å²) in [6, 6.07) is 7.56. The van der Waals surface area contributed by atoms with Crippen molar-refractivity contribution in [2.45, 2.75) is 62.6 Å². The second-order valence-corrected chi connectivity index (χ2v) is 6.73. The number of nitrogens with two attached hydrogens (primary N) is 1. The molecule has 0 aromatic heterocycles. The van der Waals surface area contributed by atoms with Gasteiger partial charge in [-0.25, -0.2) is 4.39 Å². The third-order valence-corrected chi connectivity index (χ3v) is 5.14. The molecule has 0 bridgehead atoms. The first-order valence-corrected chi connectivity index (χ1v) is 8.58. The number of halogens is 1. The third kappa shape index (κ3) is 4.06. The van der Waals surface area contributed by atoms with Crippen molar-refractivity contribution in [2.75, 3.05) is 13.2 Å². The zero-order chi connectivity index (χ0) is 15.4. The summed E-state index contributed by atoms with van der Waals surface area (Å²) in [7, 11) is 0. The van der Waals surface area contributed by atoms with E-state index in [9.17, 15) is 4.39 Å². The molecule has 1 saturated carbocycles. The molecule has 3 nitrogen and oxygen atoms in total. The molecule has 1 aromatic rings. The molecule has 122 valence electrons. The largest absolute Gasteiger partial charge is 0.377 e. The van der Waals surface area contributed by atoms with E-state index in [0.717, 1.165) is 57.2 Å². The van der Waals surface area contributed by atoms with Gasteiger partial charge >= 0.3 is 0 Å². The molecule has 2 fully saturated rings. The summed E-state index contributed by atoms with van der Waals surface area (Å²) in [5.41, 5.74) is 7.26. The van der Waals surface area contributed by atoms with Gasteiger partial charge in [-0.3, -0.25) is 0 Å². The van der Waals surface area contributed by atoms with Crippen LogP contribution < -0.4 is 11.1 Å². The molecule has 1 aromatic carbocycles. The molecule has 4 heteroatoms. The van der Waals surface area contributed by atoms with Gasteiger partial charge in [0.25, 0.3) is 0 Å². The van der Waals surface area contributed by atoms with Gasteiger partial charge in [0.05, 0.1) is 12.7 Å². The van der Waals surface area contributed by atoms with Crippen molar-refractivity contribution in [3.8, 4) is 0 Å². The molecule has 22 heavy (non-hydrogen) atoms. The number of hydrogen-bond acceptors (Lipinski definition) is 3. The van der Waals surface area contributed by atoms with E-state index in [1.54, 1.807) is 6.07 Å². The van der Waals surface area contributed by atoms with Gasteiger partial charge in [-0.2, -0.15) is 0 Å². The summed E-state index contributed by atoms with van der Waals surface area (Å²) in [6.07, 6.45) is 6.87. The highest BCUT2D eigenvalue weighted by atomic mass is 19.1. The summed E-state index contributed by atoms with van der Waals surface area (Å²) in [4.78, 5) is 0. The minimum atomic E-state index is -0.131. The van der Waals surface area contributed by atoms with Gasteiger partial charge in [-0.05, 0) is 68.7 Å². The van der Waals surface area contributed by atoms with E-state index < -0.39 is 0 Å². The topological polar surface area (TPSA) is 47.3 Å². The molecular weight excluding hydrogens is 279 g/mol. The van der Waals surface area contributed by atoms with E-state index in [0.29, 0.717) is 18.1 Å². The molecule has 2 atom stereocenters. The maximum atomic E-state index is 13.3. The fourth-order valence-corrected chi connectivity index (χ4v) is 3.72. The summed E-state index contributed by atoms with van der Waals surface area (Å²) in [5, 5.41) is 3.46. The Morgan fingerprint density at radius 2 is 2.00 bits per heavy atom. The first-order valence-electron chi connectivity index (χ1n) is 8.58. The minimum Gasteiger partial charge on any atom is -0.377 e. The van der Waals surface area contributed by atoms with Crippen LogP contribution in [0.5, 0.6) is 0 Å². The molecule has 0 amide bonds. The average molecular weight is 306 g/mol. The van der Waals surface area contributed by atoms with Crippen LogP contribution in [-0.4, -0.2) is 31.3 Å². The third-order valence-electron chi connectivity index (χ3n) is 5.14. The van der Waals surface area contributed by atoms with E-state index in [4.69, 9.17) is 10.5 Å². The Labute approximate surface area is 132 Å². The molecule has 3 N–H and O–H groups in total. The van der Waals surface area contributed by atoms with Gasteiger partial charge in [0.1, 0.15) is 5.82 Å². The van der Waals surface area contributed by atoms with Crippen molar-refractivity contribution >= 4 is 0 Å². The van der Waals surface area contributed by atoms with Crippen LogP contribution in [-0.2, 0) is 4.74 Å². The molecule has 0 radical (unpaired) electrons. The van der Waals surface area contributed by atoms with Crippen molar-refractivity contribution in [3.05, 3.63) is 35.6 Å². The highest BCUT2D eigenvalue weighted by Gasteiger charge is 2.26. The Kier molecular flexibility index (Phi) is 5.45. The number of nitrogens with one attached hydrogen (secondary N) is 1. The second kappa shape index (κ2) is 7.53. The number of benzene rings is 1. The first kappa shape index (κ1) is 15.9. The fourth-order valence-electron chi connectivity index (χ4n) is 3.72. The van der Waals surface area contributed by atoms with Crippen LogP contribution in [0, 0.1) is 5.82 Å². The molecule has 3 rings (SSSR count). The highest BCUT2D eigenvalue weighted by molar-refractivity contribution is 5.21. The van der Waals surface area contributed by atoms with Crippen molar-refractivity contribution in [3.63, 3.8) is 0 Å². The number of piperidine rings is 1. The number of ether oxygens (including phenoxy) is 1. The maximum Gasteiger partial charge on any atom is 0.123 e. The SMILES string of the molecule is N[C@H]1CCCN[C@H]1COC1CCC(c2cccc(F)c2)CC1. The van der Waals surface area contributed by atoms with Crippen LogP contribution in [0.4, 0.5) is 4.39 Å². The number of rotatable bonds is 4. The van der Waals surface area contributed by atoms with Crippen LogP contribution in [0.1, 0.15) is 50.0 Å². The van der Waals surface area contributed by atoms with Gasteiger partial charge in [-0.1, -0.05) is 12.1 Å². The molecule has 1 heterocycles. The molecule has 1 saturated heterocycles. The van der Waals surface area contributed by atoms with Crippen LogP contribution in [0.15, 0.2) is 24.3 Å². The Morgan fingerprint density at radius 1 is 1.18 bits per heavy atom. The lowest BCUT2D eigenvalue weighted by Gasteiger charge is -2.33. The van der Waals surface area contributed by atoms with Crippen LogP contribution in [0.25, 0.3) is 0 Å². The second-order valence-electron chi connectivity index (χ2n) is 6.73. The summed E-state index contributed by atoms with van der Waals surface area (Å²) >= 11 is 0. The lowest BCUT2D eigenvalue weighted by atomic mass is 9.82. The van der Waals surface area contributed by atoms with Gasteiger partial charge in [-0.15, -0.1) is 0 Å². The quantitative estimate of drug-likeness (QED) is 0.899. The molecule has 1 aliphatic heterocycles. The van der Waals surface area contributed by atoms with E-state index in [1.165, 1.54) is 6.07 Å². The molecule has 0 unspecified atom stereocenters. The molecular formula is C18H27FN2O. The lowest BCUT2D eigenvalue weighted by Crippen LogP contribution is -2.52. The van der Waals surface area contributed by atoms with Crippen molar-refractivity contribution in [2.24, 2.45) is 5.73 Å². The van der Waals surface area contributed by atoms with Crippen molar-refractivity contribution in [1.82, 2.24) is 5.32 Å². The standard InChI is InChI=1S/C18H27FN2O/c19-15-4-1-3-14(11-15)13-6-8-16(9-7-13)22-12-18-17(20)5-2-10-21-18/h1,3-4,11,13,16-18,21H,2,5-10,12,20H2/t13?,16?,17-,18-/m0/s1. The van der Waals surface area contributed by atoms with Crippen LogP contribution in [0.3, 0.4) is 0 Å². The molecule has 1 aliphatic carbocycles. The predicted molar refractivity (Wildman–Crippen MR) is 86.3 cm³/mol. The zero-order valence-electron chi connectivity index (χ0n) is 13.1. The van der Waals surface area contributed by atoms with Gasteiger partial charge in [0.2, 0.25) is 0 Å². The Balaban J connectivity index is 1.44. The lowest BCUT2D eigenvalue weighted by molar-refractivity contribution is 0.00619. The highest BCUT2D eigenvalue weighted by Crippen LogP contribution is 2.34. The monoisotopic (exact) mass is 306 g/mol. The first-order chi connectivity index (χ1) is 10.7. The normalized spacial score (nSPS) is 32.8. The van der Waals surface area contributed by atoms with Crippen molar-refractivity contribution in [1.29, 1.82) is 0 Å². The Morgan fingerprint density at radius 3 is 2.73 bits per heavy atom. The van der Waals surface area contributed by atoms with Gasteiger partial charge < -0.3 is 15.8 Å². The minimum absolute atomic E-state index is 0.131. The summed E-state index contributed by atoms with van der Waals surface area (Å²) in [6.45, 7) is 1.77. The number of hydrogen-bond donors (Lipinski definition) is 2. The predicted octanol–water partition coefficient (Wildman–Crippen LogP) is 2.95. The zero-order valence-corrected chi connectivity index (χ0v) is 13.1. The summed E-state index contributed by atoms with van der Waals surface area (Å²) in [5.74, 6) is 0.346. The molecule has 0 spiro atoms. The van der Waals surface area contributed by atoms with E-state index in [1.807, 2.05) is 12.1 Å². The molecule has 2 aliphatic rings. The van der Waals surface area contributed by atoms with Crippen LogP contribution >= 0.6 is 0 Å². The maximum absolute atomic E-state index is 13.3. The summed E-state index contributed by atoms with van der Waals surface area (Å²) < 4.78 is 19.4. The van der Waals surface area contributed by atoms with E-state index in [-0.39, 0.29) is 11.9 Å².